The van der Waals surface area contributed by atoms with Crippen LogP contribution in [0.15, 0.2) is 65.7 Å². The fourth-order valence-corrected chi connectivity index (χ4v) is 2.86. The van der Waals surface area contributed by atoms with Crippen molar-refractivity contribution in [2.45, 2.75) is 25.0 Å². The molecule has 0 amide bonds. The maximum absolute atomic E-state index is 9.38. The molecule has 24 heavy (non-hydrogen) atoms. The van der Waals surface area contributed by atoms with Crippen molar-refractivity contribution < 1.29 is 9.84 Å². The van der Waals surface area contributed by atoms with Crippen LogP contribution in [-0.4, -0.2) is 42.8 Å². The van der Waals surface area contributed by atoms with E-state index in [2.05, 4.69) is 58.8 Å². The zero-order valence-electron chi connectivity index (χ0n) is 13.8. The quantitative estimate of drug-likeness (QED) is 0.893. The number of aliphatic hydroxyl groups is 1. The molecular weight excluding hydrogens is 300 g/mol. The molecule has 4 nitrogen and oxygen atoms in total. The molecule has 0 radical (unpaired) electrons. The Morgan fingerprint density at radius 2 is 1.58 bits per heavy atom. The standard InChI is InChI=1S/C12H10.C8H14N2O2/c1-3-7-11(8-4-1)12-9-5-2-6-10-12;11-6-1-4-12-7(5-6)8-9-2-3-10-8/h1-10H;6-7,11H,1-5H2,(H,9,10). The highest BCUT2D eigenvalue weighted by atomic mass is 16.5. The Balaban J connectivity index is 0.000000141. The van der Waals surface area contributed by atoms with Crippen LogP contribution in [-0.2, 0) is 4.74 Å². The number of hydrogen-bond donors (Lipinski definition) is 2. The van der Waals surface area contributed by atoms with Crippen LogP contribution in [0.5, 0.6) is 0 Å². The van der Waals surface area contributed by atoms with Gasteiger partial charge in [-0.3, -0.25) is 4.99 Å². The van der Waals surface area contributed by atoms with Crippen molar-refractivity contribution in [3.63, 3.8) is 0 Å². The lowest BCUT2D eigenvalue weighted by molar-refractivity contribution is -0.0135. The van der Waals surface area contributed by atoms with Gasteiger partial charge < -0.3 is 15.2 Å². The molecule has 4 rings (SSSR count). The fraction of sp³-hybridized carbons (Fsp3) is 0.350. The van der Waals surface area contributed by atoms with Gasteiger partial charge in [0.05, 0.1) is 19.3 Å². The third kappa shape index (κ3) is 4.66. The van der Waals surface area contributed by atoms with Crippen molar-refractivity contribution in [2.24, 2.45) is 4.99 Å². The fourth-order valence-electron chi connectivity index (χ4n) is 2.86. The topological polar surface area (TPSA) is 53.9 Å². The van der Waals surface area contributed by atoms with E-state index in [-0.39, 0.29) is 12.2 Å². The maximum Gasteiger partial charge on any atom is 0.126 e. The van der Waals surface area contributed by atoms with Crippen LogP contribution in [0, 0.1) is 0 Å². The first-order valence-corrected chi connectivity index (χ1v) is 8.51. The zero-order valence-corrected chi connectivity index (χ0v) is 13.8. The molecule has 0 aliphatic carbocycles. The highest BCUT2D eigenvalue weighted by Gasteiger charge is 2.26. The van der Waals surface area contributed by atoms with Gasteiger partial charge in [-0.1, -0.05) is 60.7 Å². The molecular formula is C20H24N2O2. The Kier molecular flexibility index (Phi) is 5.99. The van der Waals surface area contributed by atoms with Gasteiger partial charge in [-0.25, -0.2) is 0 Å². The van der Waals surface area contributed by atoms with Gasteiger partial charge in [0.2, 0.25) is 0 Å². The first kappa shape index (κ1) is 16.7. The van der Waals surface area contributed by atoms with Crippen LogP contribution in [0.25, 0.3) is 11.1 Å². The summed E-state index contributed by atoms with van der Waals surface area (Å²) in [5, 5.41) is 12.5. The van der Waals surface area contributed by atoms with Crippen LogP contribution >= 0.6 is 0 Å². The summed E-state index contributed by atoms with van der Waals surface area (Å²) in [5.74, 6) is 0.925. The molecule has 2 N–H and O–H groups in total. The van der Waals surface area contributed by atoms with E-state index in [1.165, 1.54) is 11.1 Å². The Labute approximate surface area is 143 Å². The molecule has 1 fully saturated rings. The SMILES string of the molecule is OC1CCOC(C2=NCCN2)C1.c1ccc(-c2ccccc2)cc1. The number of nitrogens with zero attached hydrogens (tertiary/aromatic N) is 1. The average molecular weight is 324 g/mol. The molecule has 2 aliphatic rings. The largest absolute Gasteiger partial charge is 0.393 e. The molecule has 0 bridgehead atoms. The van der Waals surface area contributed by atoms with Gasteiger partial charge in [-0.2, -0.15) is 0 Å². The Morgan fingerprint density at radius 1 is 0.958 bits per heavy atom. The number of aliphatic imine (C=N–C) groups is 1. The van der Waals surface area contributed by atoms with Crippen LogP contribution in [0.1, 0.15) is 12.8 Å². The number of ether oxygens (including phenoxy) is 1. The number of nitrogens with one attached hydrogen (secondary N) is 1. The van der Waals surface area contributed by atoms with Crippen LogP contribution in [0.4, 0.5) is 0 Å². The molecule has 2 unspecified atom stereocenters. The van der Waals surface area contributed by atoms with E-state index in [1.807, 2.05) is 12.1 Å². The molecule has 2 aromatic carbocycles. The molecule has 2 aromatic rings. The van der Waals surface area contributed by atoms with E-state index in [0.29, 0.717) is 13.0 Å². The van der Waals surface area contributed by atoms with Gasteiger partial charge in [0, 0.05) is 13.0 Å². The molecule has 1 saturated heterocycles. The maximum atomic E-state index is 9.38. The summed E-state index contributed by atoms with van der Waals surface area (Å²) in [6, 6.07) is 20.8. The van der Waals surface area contributed by atoms with Crippen molar-refractivity contribution in [3.8, 4) is 11.1 Å². The van der Waals surface area contributed by atoms with Crippen molar-refractivity contribution in [3.05, 3.63) is 60.7 Å². The normalized spacial score (nSPS) is 22.8. The number of hydrogen-bond acceptors (Lipinski definition) is 4. The molecule has 0 saturated carbocycles. The molecule has 126 valence electrons. The summed E-state index contributed by atoms with van der Waals surface area (Å²) in [4.78, 5) is 4.26. The second-order valence-electron chi connectivity index (χ2n) is 5.96. The third-order valence-corrected chi connectivity index (χ3v) is 4.14. The van der Waals surface area contributed by atoms with Crippen molar-refractivity contribution in [2.75, 3.05) is 19.7 Å². The van der Waals surface area contributed by atoms with Crippen LogP contribution < -0.4 is 5.32 Å². The van der Waals surface area contributed by atoms with E-state index >= 15 is 0 Å². The summed E-state index contributed by atoms with van der Waals surface area (Å²) in [7, 11) is 0. The highest BCUT2D eigenvalue weighted by molar-refractivity contribution is 5.88. The van der Waals surface area contributed by atoms with Gasteiger partial charge in [0.25, 0.3) is 0 Å². The Hall–Kier alpha value is -2.17. The second kappa shape index (κ2) is 8.62. The minimum absolute atomic E-state index is 0.0104. The Bertz CT molecular complexity index is 606. The third-order valence-electron chi connectivity index (χ3n) is 4.14. The van der Waals surface area contributed by atoms with Gasteiger partial charge in [-0.15, -0.1) is 0 Å². The molecule has 2 atom stereocenters. The summed E-state index contributed by atoms with van der Waals surface area (Å²) in [6.07, 6.45) is 1.24. The number of rotatable bonds is 2. The smallest absolute Gasteiger partial charge is 0.126 e. The monoisotopic (exact) mass is 324 g/mol. The van der Waals surface area contributed by atoms with E-state index < -0.39 is 0 Å². The first-order valence-electron chi connectivity index (χ1n) is 8.51. The van der Waals surface area contributed by atoms with Crippen molar-refractivity contribution in [1.82, 2.24) is 5.32 Å². The number of amidine groups is 1. The summed E-state index contributed by atoms with van der Waals surface area (Å²) < 4.78 is 5.48. The summed E-state index contributed by atoms with van der Waals surface area (Å²) in [6.45, 7) is 2.39. The minimum atomic E-state index is -0.214. The molecule has 4 heteroatoms. The van der Waals surface area contributed by atoms with Gasteiger partial charge in [-0.05, 0) is 17.5 Å². The van der Waals surface area contributed by atoms with E-state index in [0.717, 1.165) is 25.3 Å². The minimum Gasteiger partial charge on any atom is -0.393 e. The predicted octanol–water partition coefficient (Wildman–Crippen LogP) is 2.88. The molecule has 0 aromatic heterocycles. The summed E-state index contributed by atoms with van der Waals surface area (Å²) in [5.41, 5.74) is 2.55. The van der Waals surface area contributed by atoms with Crippen molar-refractivity contribution >= 4 is 5.84 Å². The molecule has 2 heterocycles. The average Bonchev–Trinajstić information content (AvgIpc) is 3.19. The highest BCUT2D eigenvalue weighted by Crippen LogP contribution is 2.17. The van der Waals surface area contributed by atoms with Crippen LogP contribution in [0.3, 0.4) is 0 Å². The zero-order chi connectivity index (χ0) is 16.6. The predicted molar refractivity (Wildman–Crippen MR) is 97.2 cm³/mol. The van der Waals surface area contributed by atoms with Gasteiger partial charge in [0.15, 0.2) is 0 Å². The first-order chi connectivity index (χ1) is 11.8. The number of benzene rings is 2. The van der Waals surface area contributed by atoms with Crippen molar-refractivity contribution in [1.29, 1.82) is 0 Å². The molecule has 0 spiro atoms. The lowest BCUT2D eigenvalue weighted by Gasteiger charge is -2.26. The lowest BCUT2D eigenvalue weighted by atomic mass is 10.1. The van der Waals surface area contributed by atoms with Gasteiger partial charge in [0.1, 0.15) is 11.9 Å². The van der Waals surface area contributed by atoms with E-state index in [1.54, 1.807) is 0 Å². The van der Waals surface area contributed by atoms with Gasteiger partial charge >= 0.3 is 0 Å². The molecule has 2 aliphatic heterocycles. The van der Waals surface area contributed by atoms with E-state index in [9.17, 15) is 5.11 Å². The number of aliphatic hydroxyl groups excluding tert-OH is 1. The Morgan fingerprint density at radius 3 is 2.08 bits per heavy atom. The van der Waals surface area contributed by atoms with E-state index in [4.69, 9.17) is 4.74 Å². The summed E-state index contributed by atoms with van der Waals surface area (Å²) >= 11 is 0. The second-order valence-corrected chi connectivity index (χ2v) is 5.96. The lowest BCUT2D eigenvalue weighted by Crippen LogP contribution is -2.40. The van der Waals surface area contributed by atoms with Crippen LogP contribution in [0.2, 0.25) is 0 Å².